The highest BCUT2D eigenvalue weighted by Crippen LogP contribution is 2.40. The second-order valence-corrected chi connectivity index (χ2v) is 11.5. The molecule has 2 aliphatic heterocycles. The minimum atomic E-state index is -1.65. The van der Waals surface area contributed by atoms with Gasteiger partial charge < -0.3 is 15.6 Å². The van der Waals surface area contributed by atoms with Crippen molar-refractivity contribution in [2.24, 2.45) is 10.7 Å². The van der Waals surface area contributed by atoms with Gasteiger partial charge in [-0.15, -0.1) is 0 Å². The van der Waals surface area contributed by atoms with E-state index >= 15 is 0 Å². The average Bonchev–Trinajstić information content (AvgIpc) is 3.54. The number of imidazole rings is 1. The lowest BCUT2D eigenvalue weighted by Crippen LogP contribution is -2.43. The number of amides is 2. The zero-order valence-corrected chi connectivity index (χ0v) is 24.6. The number of nitrogens with two attached hydrogens (primary N) is 1. The van der Waals surface area contributed by atoms with Crippen molar-refractivity contribution in [2.45, 2.75) is 31.0 Å². The van der Waals surface area contributed by atoms with Gasteiger partial charge in [0.1, 0.15) is 11.6 Å². The highest BCUT2D eigenvalue weighted by Gasteiger charge is 2.50. The number of aromatic nitrogens is 3. The first-order valence-electron chi connectivity index (χ1n) is 14.9. The third kappa shape index (κ3) is 4.91. The molecule has 2 aliphatic rings. The summed E-state index contributed by atoms with van der Waals surface area (Å²) >= 11 is 0. The summed E-state index contributed by atoms with van der Waals surface area (Å²) in [4.78, 5) is 55.1. The van der Waals surface area contributed by atoms with Crippen LogP contribution >= 0.6 is 0 Å². The molecule has 232 valence electrons. The number of aliphatic imine (C=N–C) groups is 1. The van der Waals surface area contributed by atoms with Gasteiger partial charge in [0.2, 0.25) is 0 Å². The van der Waals surface area contributed by atoms with E-state index in [4.69, 9.17) is 5.73 Å². The summed E-state index contributed by atoms with van der Waals surface area (Å²) in [6.07, 6.45) is 4.25. The number of carbonyl (C=O) groups excluding carboxylic acids is 2. The van der Waals surface area contributed by atoms with Crippen LogP contribution in [0.4, 0.5) is 8.78 Å². The summed E-state index contributed by atoms with van der Waals surface area (Å²) < 4.78 is 29.4. The second kappa shape index (κ2) is 11.4. The van der Waals surface area contributed by atoms with Crippen LogP contribution in [0.1, 0.15) is 45.9 Å². The fourth-order valence-corrected chi connectivity index (χ4v) is 6.48. The third-order valence-corrected chi connectivity index (χ3v) is 8.76. The van der Waals surface area contributed by atoms with Crippen molar-refractivity contribution in [1.82, 2.24) is 24.3 Å². The standard InChI is InChI=1S/C34H29F2N7O3/c35-25-9-5-23(6-10-25)34(24-7-11-26(36)12-8-24)31(45)42(32(37)40-34)20-21-17-22(19-38-18-21)30(44)41-15-13-27(14-16-41)43-29-4-2-1-3-28(29)39-33(43)46/h1-12,17-19,27H,13-16,20H2,(H2,37,40)(H,39,46). The quantitative estimate of drug-likeness (QED) is 0.295. The van der Waals surface area contributed by atoms with Crippen molar-refractivity contribution in [3.8, 4) is 0 Å². The van der Waals surface area contributed by atoms with E-state index in [0.717, 1.165) is 11.0 Å². The van der Waals surface area contributed by atoms with Crippen LogP contribution < -0.4 is 11.4 Å². The second-order valence-electron chi connectivity index (χ2n) is 11.5. The van der Waals surface area contributed by atoms with Gasteiger partial charge in [-0.05, 0) is 72.0 Å². The van der Waals surface area contributed by atoms with Crippen LogP contribution in [0.5, 0.6) is 0 Å². The normalized spacial score (nSPS) is 16.7. The molecule has 0 radical (unpaired) electrons. The molecule has 46 heavy (non-hydrogen) atoms. The number of nitrogens with zero attached hydrogens (tertiary/aromatic N) is 5. The number of carbonyl (C=O) groups is 2. The number of benzene rings is 3. The molecule has 12 heteroatoms. The van der Waals surface area contributed by atoms with E-state index in [1.54, 1.807) is 21.7 Å². The Hall–Kier alpha value is -5.65. The summed E-state index contributed by atoms with van der Waals surface area (Å²) in [5.41, 5.74) is 7.78. The molecule has 0 saturated carbocycles. The number of piperidine rings is 1. The predicted octanol–water partition coefficient (Wildman–Crippen LogP) is 4.08. The first-order valence-corrected chi connectivity index (χ1v) is 14.9. The zero-order chi connectivity index (χ0) is 32.0. The first kappa shape index (κ1) is 29.1. The monoisotopic (exact) mass is 621 g/mol. The molecule has 5 aromatic rings. The van der Waals surface area contributed by atoms with E-state index in [-0.39, 0.29) is 30.1 Å². The van der Waals surface area contributed by atoms with Gasteiger partial charge in [-0.3, -0.25) is 24.0 Å². The van der Waals surface area contributed by atoms with Gasteiger partial charge >= 0.3 is 5.69 Å². The van der Waals surface area contributed by atoms with Gasteiger partial charge in [-0.2, -0.15) is 0 Å². The third-order valence-electron chi connectivity index (χ3n) is 8.76. The van der Waals surface area contributed by atoms with Crippen LogP contribution in [-0.4, -0.2) is 55.2 Å². The molecule has 2 aromatic heterocycles. The van der Waals surface area contributed by atoms with E-state index in [1.807, 2.05) is 24.3 Å². The van der Waals surface area contributed by atoms with Crippen LogP contribution in [0.15, 0.2) is 101 Å². The minimum absolute atomic E-state index is 0.0298. The molecule has 2 amide bonds. The van der Waals surface area contributed by atoms with Crippen molar-refractivity contribution in [1.29, 1.82) is 0 Å². The number of halogens is 2. The number of nitrogens with one attached hydrogen (secondary N) is 1. The number of pyridine rings is 1. The molecule has 10 nitrogen and oxygen atoms in total. The van der Waals surface area contributed by atoms with E-state index in [9.17, 15) is 23.2 Å². The van der Waals surface area contributed by atoms with Gasteiger partial charge in [0, 0.05) is 31.5 Å². The molecule has 0 spiro atoms. The number of hydrogen-bond donors (Lipinski definition) is 2. The summed E-state index contributed by atoms with van der Waals surface area (Å²) in [5.74, 6) is -1.76. The molecule has 0 bridgehead atoms. The molecule has 1 fully saturated rings. The van der Waals surface area contributed by atoms with Gasteiger partial charge in [-0.25, -0.2) is 18.6 Å². The molecular weight excluding hydrogens is 592 g/mol. The highest BCUT2D eigenvalue weighted by atomic mass is 19.1. The van der Waals surface area contributed by atoms with Crippen LogP contribution in [-0.2, 0) is 16.9 Å². The first-order chi connectivity index (χ1) is 22.2. The van der Waals surface area contributed by atoms with Crippen molar-refractivity contribution in [2.75, 3.05) is 13.1 Å². The lowest BCUT2D eigenvalue weighted by molar-refractivity contribution is -0.130. The van der Waals surface area contributed by atoms with Crippen LogP contribution in [0.3, 0.4) is 0 Å². The molecule has 1 saturated heterocycles. The lowest BCUT2D eigenvalue weighted by Gasteiger charge is -2.32. The summed E-state index contributed by atoms with van der Waals surface area (Å²) in [6, 6.07) is 19.9. The fourth-order valence-electron chi connectivity index (χ4n) is 6.48. The van der Waals surface area contributed by atoms with Crippen molar-refractivity contribution in [3.63, 3.8) is 0 Å². The number of H-pyrrole nitrogens is 1. The maximum atomic E-state index is 14.1. The molecule has 7 rings (SSSR count). The predicted molar refractivity (Wildman–Crippen MR) is 167 cm³/mol. The SMILES string of the molecule is NC1=NC(c2ccc(F)cc2)(c2ccc(F)cc2)C(=O)N1Cc1cncc(C(=O)N2CCC(n3c(=O)[nH]c4ccccc43)CC2)c1. The van der Waals surface area contributed by atoms with E-state index < -0.39 is 23.1 Å². The van der Waals surface area contributed by atoms with Crippen molar-refractivity contribution in [3.05, 3.63) is 136 Å². The Bertz CT molecular complexity index is 2000. The Labute approximate surface area is 261 Å². The largest absolute Gasteiger partial charge is 0.369 e. The molecule has 4 heterocycles. The van der Waals surface area contributed by atoms with Crippen LogP contribution in [0.25, 0.3) is 11.0 Å². The average molecular weight is 622 g/mol. The van der Waals surface area contributed by atoms with E-state index in [0.29, 0.717) is 48.2 Å². The number of aromatic amines is 1. The Morgan fingerprint density at radius 3 is 2.20 bits per heavy atom. The minimum Gasteiger partial charge on any atom is -0.369 e. The Balaban J connectivity index is 1.10. The molecule has 0 atom stereocenters. The Morgan fingerprint density at radius 1 is 0.913 bits per heavy atom. The number of hydrogen-bond acceptors (Lipinski definition) is 6. The van der Waals surface area contributed by atoms with Crippen LogP contribution in [0, 0.1) is 11.6 Å². The number of guanidine groups is 1. The molecular formula is C34H29F2N7O3. The maximum Gasteiger partial charge on any atom is 0.326 e. The van der Waals surface area contributed by atoms with Gasteiger partial charge in [0.05, 0.1) is 23.1 Å². The maximum absolute atomic E-state index is 14.1. The Morgan fingerprint density at radius 2 is 1.54 bits per heavy atom. The molecule has 0 aliphatic carbocycles. The van der Waals surface area contributed by atoms with Crippen molar-refractivity contribution >= 4 is 28.8 Å². The molecule has 3 N–H and O–H groups in total. The number of likely N-dealkylation sites (tertiary alicyclic amines) is 1. The number of rotatable bonds is 6. The zero-order valence-electron chi connectivity index (χ0n) is 24.6. The number of fused-ring (bicyclic) bond motifs is 1. The molecule has 3 aromatic carbocycles. The topological polar surface area (TPSA) is 130 Å². The summed E-state index contributed by atoms with van der Waals surface area (Å²) in [6.45, 7) is 0.890. The van der Waals surface area contributed by atoms with E-state index in [2.05, 4.69) is 15.0 Å². The molecule has 0 unspecified atom stereocenters. The van der Waals surface area contributed by atoms with Crippen LogP contribution in [0.2, 0.25) is 0 Å². The number of para-hydroxylation sites is 2. The summed E-state index contributed by atoms with van der Waals surface area (Å²) in [7, 11) is 0. The van der Waals surface area contributed by atoms with Gasteiger partial charge in [0.25, 0.3) is 11.8 Å². The fraction of sp³-hybridized carbons (Fsp3) is 0.206. The smallest absolute Gasteiger partial charge is 0.326 e. The lowest BCUT2D eigenvalue weighted by atomic mass is 9.82. The summed E-state index contributed by atoms with van der Waals surface area (Å²) in [5, 5.41) is 0. The van der Waals surface area contributed by atoms with Gasteiger partial charge in [0.15, 0.2) is 11.5 Å². The van der Waals surface area contributed by atoms with Crippen molar-refractivity contribution < 1.29 is 18.4 Å². The highest BCUT2D eigenvalue weighted by molar-refractivity contribution is 6.09. The van der Waals surface area contributed by atoms with E-state index in [1.165, 1.54) is 59.6 Å². The van der Waals surface area contributed by atoms with Gasteiger partial charge in [-0.1, -0.05) is 36.4 Å². The Kier molecular flexibility index (Phi) is 7.19.